The maximum absolute atomic E-state index is 12.2. The number of quaternary nitrogens is 1. The molecule has 0 aliphatic carbocycles. The van der Waals surface area contributed by atoms with Gasteiger partial charge >= 0.3 is 12.1 Å². The molecular weight excluding hydrogens is 356 g/mol. The molecule has 6 nitrogen and oxygen atoms in total. The first-order chi connectivity index (χ1) is 13.5. The molecule has 0 spiro atoms. The number of amides is 1. The molecule has 0 unspecified atom stereocenters. The lowest BCUT2D eigenvalue weighted by atomic mass is 10.1. The summed E-state index contributed by atoms with van der Waals surface area (Å²) in [5, 5.41) is 0. The van der Waals surface area contributed by atoms with Crippen molar-refractivity contribution in [1.29, 1.82) is 0 Å². The number of esters is 1. The number of piperazine rings is 1. The van der Waals surface area contributed by atoms with Crippen LogP contribution in [0.15, 0.2) is 0 Å². The molecule has 0 saturated carbocycles. The van der Waals surface area contributed by atoms with Crippen molar-refractivity contribution >= 4 is 12.1 Å². The van der Waals surface area contributed by atoms with Gasteiger partial charge in [-0.15, -0.1) is 0 Å². The minimum atomic E-state index is -0.253. The molecule has 0 radical (unpaired) electrons. The predicted octanol–water partition coefficient (Wildman–Crippen LogP) is 4.37. The normalized spacial score (nSPS) is 16.0. The molecule has 1 aliphatic rings. The molecule has 0 aromatic rings. The fourth-order valence-electron chi connectivity index (χ4n) is 3.64. The molecule has 1 fully saturated rings. The number of ether oxygens (including phenoxy) is 2. The second-order valence-corrected chi connectivity index (χ2v) is 8.31. The summed E-state index contributed by atoms with van der Waals surface area (Å²) in [4.78, 5) is 25.6. The van der Waals surface area contributed by atoms with Gasteiger partial charge in [-0.2, -0.15) is 0 Å². The van der Waals surface area contributed by atoms with Crippen molar-refractivity contribution in [2.24, 2.45) is 0 Å². The average Bonchev–Trinajstić information content (AvgIpc) is 2.66. The first-order valence-corrected chi connectivity index (χ1v) is 11.4. The lowest BCUT2D eigenvalue weighted by molar-refractivity contribution is -0.906. The van der Waals surface area contributed by atoms with Gasteiger partial charge in [0.05, 0.1) is 46.4 Å². The average molecular weight is 400 g/mol. The highest BCUT2D eigenvalue weighted by atomic mass is 16.6. The highest BCUT2D eigenvalue weighted by Gasteiger charge is 2.33. The third-order valence-corrected chi connectivity index (χ3v) is 5.62. The number of likely N-dealkylation sites (N-methyl/N-ethyl adjacent to an activating group) is 1. The number of unbranched alkanes of at least 4 members (excludes halogenated alkanes) is 9. The van der Waals surface area contributed by atoms with Crippen molar-refractivity contribution in [3.05, 3.63) is 0 Å². The Hall–Kier alpha value is -1.30. The molecule has 1 saturated heterocycles. The molecule has 6 heteroatoms. The van der Waals surface area contributed by atoms with Gasteiger partial charge in [0, 0.05) is 0 Å². The summed E-state index contributed by atoms with van der Waals surface area (Å²) in [6, 6.07) is 0. The van der Waals surface area contributed by atoms with Gasteiger partial charge < -0.3 is 14.0 Å². The zero-order valence-corrected chi connectivity index (χ0v) is 18.5. The number of hydrogen-bond donors (Lipinski definition) is 0. The molecule has 164 valence electrons. The summed E-state index contributed by atoms with van der Waals surface area (Å²) in [5.74, 6) is -0.122. The van der Waals surface area contributed by atoms with Crippen molar-refractivity contribution in [2.45, 2.75) is 78.1 Å². The van der Waals surface area contributed by atoms with E-state index >= 15 is 0 Å². The van der Waals surface area contributed by atoms with E-state index in [1.54, 1.807) is 4.90 Å². The van der Waals surface area contributed by atoms with Crippen LogP contribution in [0.1, 0.15) is 78.1 Å². The zero-order valence-electron chi connectivity index (χ0n) is 18.5. The Morgan fingerprint density at radius 2 is 1.36 bits per heavy atom. The van der Waals surface area contributed by atoms with Crippen molar-refractivity contribution in [3.8, 4) is 0 Å². The highest BCUT2D eigenvalue weighted by Crippen LogP contribution is 2.13. The summed E-state index contributed by atoms with van der Waals surface area (Å²) in [6.07, 6.45) is 12.5. The van der Waals surface area contributed by atoms with Gasteiger partial charge in [0.2, 0.25) is 0 Å². The van der Waals surface area contributed by atoms with Crippen LogP contribution in [-0.2, 0) is 14.3 Å². The second-order valence-electron chi connectivity index (χ2n) is 8.31. The van der Waals surface area contributed by atoms with E-state index in [0.29, 0.717) is 37.3 Å². The van der Waals surface area contributed by atoms with Crippen LogP contribution in [0, 0.1) is 0 Å². The molecule has 1 amide bonds. The van der Waals surface area contributed by atoms with Crippen molar-refractivity contribution < 1.29 is 23.5 Å². The summed E-state index contributed by atoms with van der Waals surface area (Å²) >= 11 is 0. The van der Waals surface area contributed by atoms with E-state index in [9.17, 15) is 9.59 Å². The fraction of sp³-hybridized carbons (Fsp3) is 0.909. The third kappa shape index (κ3) is 10.9. The van der Waals surface area contributed by atoms with Crippen LogP contribution in [0.25, 0.3) is 0 Å². The van der Waals surface area contributed by atoms with Gasteiger partial charge in [-0.05, 0) is 13.3 Å². The molecular formula is C22H43N2O4+. The van der Waals surface area contributed by atoms with E-state index in [1.807, 2.05) is 6.92 Å². The van der Waals surface area contributed by atoms with E-state index in [-0.39, 0.29) is 12.1 Å². The van der Waals surface area contributed by atoms with Crippen molar-refractivity contribution in [3.63, 3.8) is 0 Å². The van der Waals surface area contributed by atoms with Crippen molar-refractivity contribution in [1.82, 2.24) is 4.90 Å². The van der Waals surface area contributed by atoms with Crippen LogP contribution >= 0.6 is 0 Å². The maximum Gasteiger partial charge on any atom is 0.410 e. The molecule has 28 heavy (non-hydrogen) atoms. The Kier molecular flexibility index (Phi) is 13.0. The first kappa shape index (κ1) is 24.7. The van der Waals surface area contributed by atoms with E-state index < -0.39 is 0 Å². The summed E-state index contributed by atoms with van der Waals surface area (Å²) in [7, 11) is 2.06. The van der Waals surface area contributed by atoms with Crippen LogP contribution in [0.5, 0.6) is 0 Å². The monoisotopic (exact) mass is 399 g/mol. The molecule has 0 aromatic carbocycles. The lowest BCUT2D eigenvalue weighted by Crippen LogP contribution is -2.60. The number of carbonyl (C=O) groups is 2. The molecule has 1 rings (SSSR count). The Morgan fingerprint density at radius 1 is 0.821 bits per heavy atom. The van der Waals surface area contributed by atoms with Gasteiger partial charge in [0.15, 0.2) is 6.54 Å². The van der Waals surface area contributed by atoms with Gasteiger partial charge in [0.25, 0.3) is 0 Å². The highest BCUT2D eigenvalue weighted by molar-refractivity contribution is 5.70. The summed E-state index contributed by atoms with van der Waals surface area (Å²) < 4.78 is 11.1. The molecule has 0 bridgehead atoms. The van der Waals surface area contributed by atoms with Crippen LogP contribution in [0.3, 0.4) is 0 Å². The minimum Gasteiger partial charge on any atom is -0.462 e. The maximum atomic E-state index is 12.2. The van der Waals surface area contributed by atoms with Crippen molar-refractivity contribution in [2.75, 3.05) is 53.0 Å². The van der Waals surface area contributed by atoms with Gasteiger partial charge in [-0.3, -0.25) is 4.90 Å². The fourth-order valence-corrected chi connectivity index (χ4v) is 3.64. The number of rotatable bonds is 14. The molecule has 1 heterocycles. The quantitative estimate of drug-likeness (QED) is 0.247. The van der Waals surface area contributed by atoms with Crippen LogP contribution in [0.2, 0.25) is 0 Å². The number of carbonyl (C=O) groups excluding carboxylic acids is 2. The summed E-state index contributed by atoms with van der Waals surface area (Å²) in [5.41, 5.74) is 0. The van der Waals surface area contributed by atoms with E-state index in [0.717, 1.165) is 25.9 Å². The zero-order chi connectivity index (χ0) is 20.7. The SMILES string of the molecule is CCCCCCCCCCCCOC(=O)C[N+]1(C)CCN(C(=O)OCC)CC1. The molecule has 1 aliphatic heterocycles. The Morgan fingerprint density at radius 3 is 1.89 bits per heavy atom. The van der Waals surface area contributed by atoms with Crippen LogP contribution in [0.4, 0.5) is 4.79 Å². The smallest absolute Gasteiger partial charge is 0.410 e. The Bertz CT molecular complexity index is 434. The Labute approximate surface area is 172 Å². The number of nitrogens with zero attached hydrogens (tertiary/aromatic N) is 2. The number of hydrogen-bond acceptors (Lipinski definition) is 4. The van der Waals surface area contributed by atoms with E-state index in [1.165, 1.54) is 51.4 Å². The predicted molar refractivity (Wildman–Crippen MR) is 112 cm³/mol. The molecule has 0 atom stereocenters. The first-order valence-electron chi connectivity index (χ1n) is 11.4. The van der Waals surface area contributed by atoms with E-state index in [4.69, 9.17) is 9.47 Å². The third-order valence-electron chi connectivity index (χ3n) is 5.62. The lowest BCUT2D eigenvalue weighted by Gasteiger charge is -2.40. The van der Waals surface area contributed by atoms with Gasteiger partial charge in [-0.1, -0.05) is 64.7 Å². The molecule has 0 N–H and O–H groups in total. The van der Waals surface area contributed by atoms with Gasteiger partial charge in [0.1, 0.15) is 0 Å². The largest absolute Gasteiger partial charge is 0.462 e. The van der Waals surface area contributed by atoms with Crippen LogP contribution in [-0.4, -0.2) is 74.4 Å². The van der Waals surface area contributed by atoms with Gasteiger partial charge in [-0.25, -0.2) is 9.59 Å². The summed E-state index contributed by atoms with van der Waals surface area (Å²) in [6.45, 7) is 8.14. The minimum absolute atomic E-state index is 0.122. The Balaban J connectivity index is 2.02. The molecule has 0 aromatic heterocycles. The second kappa shape index (κ2) is 14.7. The van der Waals surface area contributed by atoms with Crippen LogP contribution < -0.4 is 0 Å². The topological polar surface area (TPSA) is 55.8 Å². The standard InChI is InChI=1S/C22H43N2O4/c1-4-6-7-8-9-10-11-12-13-14-19-28-21(25)20-24(3)17-15-23(16-18-24)22(26)27-5-2/h4-20H2,1-3H3/q+1. The van der Waals surface area contributed by atoms with E-state index in [2.05, 4.69) is 14.0 Å².